The molecule has 1 amide bonds. The van der Waals surface area contributed by atoms with Gasteiger partial charge in [0, 0.05) is 18.6 Å². The van der Waals surface area contributed by atoms with Crippen LogP contribution in [-0.2, 0) is 17.9 Å². The van der Waals surface area contributed by atoms with Crippen molar-refractivity contribution in [2.24, 2.45) is 0 Å². The molecule has 4 heteroatoms. The van der Waals surface area contributed by atoms with Crippen LogP contribution in [0.5, 0.6) is 0 Å². The van der Waals surface area contributed by atoms with E-state index in [1.54, 1.807) is 0 Å². The molecule has 25 heavy (non-hydrogen) atoms. The summed E-state index contributed by atoms with van der Waals surface area (Å²) in [6.45, 7) is 5.11. The number of alkyl carbamates (subject to hydrolysis) is 1. The Balaban J connectivity index is 1.49. The van der Waals surface area contributed by atoms with Crippen LogP contribution in [0.1, 0.15) is 30.9 Å². The molecule has 1 unspecified atom stereocenters. The van der Waals surface area contributed by atoms with Gasteiger partial charge in [-0.2, -0.15) is 0 Å². The Morgan fingerprint density at radius 3 is 2.40 bits per heavy atom. The van der Waals surface area contributed by atoms with Crippen molar-refractivity contribution in [3.05, 3.63) is 71.8 Å². The molecule has 1 fully saturated rings. The summed E-state index contributed by atoms with van der Waals surface area (Å²) < 4.78 is 5.32. The van der Waals surface area contributed by atoms with Crippen molar-refractivity contribution in [1.82, 2.24) is 10.2 Å². The fourth-order valence-corrected chi connectivity index (χ4v) is 3.39. The van der Waals surface area contributed by atoms with Crippen LogP contribution < -0.4 is 5.32 Å². The normalized spacial score (nSPS) is 20.4. The molecule has 1 heterocycles. The molecule has 2 aromatic carbocycles. The number of carbonyl (C=O) groups excluding carboxylic acids is 1. The van der Waals surface area contributed by atoms with Gasteiger partial charge in [-0.15, -0.1) is 0 Å². The maximum Gasteiger partial charge on any atom is 0.407 e. The zero-order chi connectivity index (χ0) is 17.5. The molecule has 2 aromatic rings. The van der Waals surface area contributed by atoms with E-state index in [4.69, 9.17) is 4.74 Å². The van der Waals surface area contributed by atoms with Crippen LogP contribution in [0.2, 0.25) is 0 Å². The van der Waals surface area contributed by atoms with Gasteiger partial charge >= 0.3 is 6.09 Å². The van der Waals surface area contributed by atoms with Crippen LogP contribution >= 0.6 is 0 Å². The number of amides is 1. The molecule has 0 saturated carbocycles. The topological polar surface area (TPSA) is 41.6 Å². The highest BCUT2D eigenvalue weighted by Crippen LogP contribution is 2.30. The van der Waals surface area contributed by atoms with Crippen LogP contribution in [0.3, 0.4) is 0 Å². The van der Waals surface area contributed by atoms with Crippen molar-refractivity contribution in [3.8, 4) is 0 Å². The van der Waals surface area contributed by atoms with E-state index in [1.807, 2.05) is 36.4 Å². The Bertz CT molecular complexity index is 675. The first-order chi connectivity index (χ1) is 12.2. The van der Waals surface area contributed by atoms with E-state index in [9.17, 15) is 4.79 Å². The van der Waals surface area contributed by atoms with Crippen LogP contribution in [0.25, 0.3) is 0 Å². The number of hydrogen-bond acceptors (Lipinski definition) is 3. The molecule has 132 valence electrons. The number of benzene rings is 2. The molecule has 0 bridgehead atoms. The van der Waals surface area contributed by atoms with Gasteiger partial charge < -0.3 is 10.1 Å². The SMILES string of the molecule is CC1(CNC(=O)OCc2ccccc2)CCCN1Cc1ccccc1. The number of ether oxygens (including phenoxy) is 1. The minimum Gasteiger partial charge on any atom is -0.445 e. The van der Waals surface area contributed by atoms with E-state index in [-0.39, 0.29) is 11.6 Å². The molecular formula is C21H26N2O2. The largest absolute Gasteiger partial charge is 0.445 e. The first-order valence-electron chi connectivity index (χ1n) is 8.89. The van der Waals surface area contributed by atoms with Gasteiger partial charge in [-0.25, -0.2) is 4.79 Å². The smallest absolute Gasteiger partial charge is 0.407 e. The van der Waals surface area contributed by atoms with Crippen LogP contribution in [0.4, 0.5) is 4.79 Å². The third-order valence-electron chi connectivity index (χ3n) is 4.95. The van der Waals surface area contributed by atoms with Crippen molar-refractivity contribution in [1.29, 1.82) is 0 Å². The zero-order valence-electron chi connectivity index (χ0n) is 14.8. The molecular weight excluding hydrogens is 312 g/mol. The molecule has 1 aliphatic heterocycles. The van der Waals surface area contributed by atoms with E-state index in [0.717, 1.165) is 31.5 Å². The summed E-state index contributed by atoms with van der Waals surface area (Å²) in [6, 6.07) is 20.2. The number of rotatable bonds is 6. The van der Waals surface area contributed by atoms with Gasteiger partial charge in [0.1, 0.15) is 6.61 Å². The van der Waals surface area contributed by atoms with E-state index < -0.39 is 0 Å². The van der Waals surface area contributed by atoms with E-state index >= 15 is 0 Å². The molecule has 0 radical (unpaired) electrons. The fourth-order valence-electron chi connectivity index (χ4n) is 3.39. The Kier molecular flexibility index (Phi) is 5.71. The molecule has 0 aliphatic carbocycles. The number of likely N-dealkylation sites (tertiary alicyclic amines) is 1. The number of carbonyl (C=O) groups is 1. The second-order valence-electron chi connectivity index (χ2n) is 6.92. The average Bonchev–Trinajstić information content (AvgIpc) is 3.01. The molecule has 0 aromatic heterocycles. The zero-order valence-corrected chi connectivity index (χ0v) is 14.8. The van der Waals surface area contributed by atoms with Gasteiger partial charge in [-0.05, 0) is 37.4 Å². The van der Waals surface area contributed by atoms with E-state index in [2.05, 4.69) is 41.4 Å². The lowest BCUT2D eigenvalue weighted by Crippen LogP contribution is -2.49. The van der Waals surface area contributed by atoms with Crippen molar-refractivity contribution < 1.29 is 9.53 Å². The molecule has 1 atom stereocenters. The van der Waals surface area contributed by atoms with Crippen LogP contribution in [0, 0.1) is 0 Å². The third kappa shape index (κ3) is 4.83. The van der Waals surface area contributed by atoms with Gasteiger partial charge in [-0.3, -0.25) is 4.90 Å². The van der Waals surface area contributed by atoms with Crippen molar-refractivity contribution in [3.63, 3.8) is 0 Å². The van der Waals surface area contributed by atoms with Crippen molar-refractivity contribution >= 4 is 6.09 Å². The molecule has 1 saturated heterocycles. The minimum absolute atomic E-state index is 0.0262. The number of nitrogens with zero attached hydrogens (tertiary/aromatic N) is 1. The highest BCUT2D eigenvalue weighted by Gasteiger charge is 2.36. The molecule has 0 spiro atoms. The Labute approximate surface area is 149 Å². The summed E-state index contributed by atoms with van der Waals surface area (Å²) in [6.07, 6.45) is 1.89. The Hall–Kier alpha value is -2.33. The first-order valence-corrected chi connectivity index (χ1v) is 8.89. The number of hydrogen-bond donors (Lipinski definition) is 1. The van der Waals surface area contributed by atoms with Gasteiger partial charge in [0.15, 0.2) is 0 Å². The van der Waals surface area contributed by atoms with Crippen molar-refractivity contribution in [2.75, 3.05) is 13.1 Å². The number of nitrogens with one attached hydrogen (secondary N) is 1. The molecule has 3 rings (SSSR count). The second kappa shape index (κ2) is 8.17. The third-order valence-corrected chi connectivity index (χ3v) is 4.95. The lowest BCUT2D eigenvalue weighted by molar-refractivity contribution is 0.117. The van der Waals surface area contributed by atoms with Gasteiger partial charge in [0.05, 0.1) is 0 Å². The lowest BCUT2D eigenvalue weighted by Gasteiger charge is -2.35. The fraction of sp³-hybridized carbons (Fsp3) is 0.381. The predicted molar refractivity (Wildman–Crippen MR) is 99.1 cm³/mol. The summed E-state index contributed by atoms with van der Waals surface area (Å²) in [5, 5.41) is 2.95. The second-order valence-corrected chi connectivity index (χ2v) is 6.92. The maximum absolute atomic E-state index is 12.0. The Morgan fingerprint density at radius 2 is 1.72 bits per heavy atom. The average molecular weight is 338 g/mol. The van der Waals surface area contributed by atoms with Gasteiger partial charge in [0.25, 0.3) is 0 Å². The van der Waals surface area contributed by atoms with Crippen LogP contribution in [-0.4, -0.2) is 29.6 Å². The predicted octanol–water partition coefficient (Wildman–Crippen LogP) is 3.97. The van der Waals surface area contributed by atoms with Gasteiger partial charge in [-0.1, -0.05) is 60.7 Å². The summed E-state index contributed by atoms with van der Waals surface area (Å²) in [4.78, 5) is 14.5. The van der Waals surface area contributed by atoms with E-state index in [0.29, 0.717) is 13.2 Å². The van der Waals surface area contributed by atoms with Crippen molar-refractivity contribution in [2.45, 2.75) is 38.5 Å². The highest BCUT2D eigenvalue weighted by molar-refractivity contribution is 5.67. The molecule has 1 N–H and O–H groups in total. The summed E-state index contributed by atoms with van der Waals surface area (Å²) in [5.74, 6) is 0. The maximum atomic E-state index is 12.0. The lowest BCUT2D eigenvalue weighted by atomic mass is 9.98. The molecule has 1 aliphatic rings. The van der Waals surface area contributed by atoms with E-state index in [1.165, 1.54) is 5.56 Å². The Morgan fingerprint density at radius 1 is 1.08 bits per heavy atom. The van der Waals surface area contributed by atoms with Gasteiger partial charge in [0.2, 0.25) is 0 Å². The quantitative estimate of drug-likeness (QED) is 0.866. The first kappa shape index (κ1) is 17.5. The summed E-state index contributed by atoms with van der Waals surface area (Å²) in [5.41, 5.74) is 2.28. The minimum atomic E-state index is -0.350. The van der Waals surface area contributed by atoms with Crippen LogP contribution in [0.15, 0.2) is 60.7 Å². The summed E-state index contributed by atoms with van der Waals surface area (Å²) in [7, 11) is 0. The molecule has 4 nitrogen and oxygen atoms in total. The standard InChI is InChI=1S/C21H26N2O2/c1-21(13-8-14-23(21)15-18-9-4-2-5-10-18)17-22-20(24)25-16-19-11-6-3-7-12-19/h2-7,9-12H,8,13-17H2,1H3,(H,22,24). The monoisotopic (exact) mass is 338 g/mol. The highest BCUT2D eigenvalue weighted by atomic mass is 16.5. The summed E-state index contributed by atoms with van der Waals surface area (Å²) >= 11 is 0.